The summed E-state index contributed by atoms with van der Waals surface area (Å²) in [4.78, 5) is 0. The highest BCUT2D eigenvalue weighted by Crippen LogP contribution is 2.26. The topological polar surface area (TPSA) is 44.5 Å². The lowest BCUT2D eigenvalue weighted by atomic mass is 10.00. The average molecular weight is 303 g/mol. The number of hydrogen-bond donors (Lipinski definition) is 1. The third kappa shape index (κ3) is 5.55. The van der Waals surface area contributed by atoms with E-state index in [1.54, 1.807) is 12.1 Å². The molecule has 0 spiro atoms. The van der Waals surface area contributed by atoms with Crippen LogP contribution in [0.3, 0.4) is 0 Å². The van der Waals surface area contributed by atoms with Gasteiger partial charge in [0, 0.05) is 12.6 Å². The van der Waals surface area contributed by atoms with Gasteiger partial charge in [0.25, 0.3) is 0 Å². The fourth-order valence-corrected chi connectivity index (χ4v) is 2.52. The Morgan fingerprint density at radius 3 is 2.57 bits per heavy atom. The molecular weight excluding hydrogens is 283 g/mol. The maximum absolute atomic E-state index is 12.1. The minimum Gasteiger partial charge on any atom is -0.406 e. The lowest BCUT2D eigenvalue weighted by Crippen LogP contribution is -2.17. The summed E-state index contributed by atoms with van der Waals surface area (Å²) in [7, 11) is 0. The first-order chi connectivity index (χ1) is 9.94. The summed E-state index contributed by atoms with van der Waals surface area (Å²) in [6, 6.07) is 5.58. The molecular formula is C15H20F3NO2. The van der Waals surface area contributed by atoms with Crippen LogP contribution in [0.25, 0.3) is 0 Å². The monoisotopic (exact) mass is 303 g/mol. The van der Waals surface area contributed by atoms with E-state index in [0.717, 1.165) is 44.3 Å². The number of hydrogen-bond acceptors (Lipinski definition) is 3. The maximum atomic E-state index is 12.1. The Labute approximate surface area is 122 Å². The maximum Gasteiger partial charge on any atom is 0.573 e. The van der Waals surface area contributed by atoms with Crippen LogP contribution in [0, 0.1) is 0 Å². The van der Waals surface area contributed by atoms with Crippen molar-refractivity contribution in [2.45, 2.75) is 50.6 Å². The first-order valence-electron chi connectivity index (χ1n) is 7.17. The predicted molar refractivity (Wildman–Crippen MR) is 72.9 cm³/mol. The summed E-state index contributed by atoms with van der Waals surface area (Å²) in [6.45, 7) is 0.845. The second-order valence-electron chi connectivity index (χ2n) is 5.29. The molecule has 118 valence electrons. The number of alkyl halides is 3. The zero-order valence-electron chi connectivity index (χ0n) is 11.7. The van der Waals surface area contributed by atoms with Crippen molar-refractivity contribution >= 4 is 0 Å². The first-order valence-corrected chi connectivity index (χ1v) is 7.17. The Kier molecular flexibility index (Phi) is 5.47. The predicted octanol–water partition coefficient (Wildman–Crippen LogP) is 3.93. The van der Waals surface area contributed by atoms with Crippen LogP contribution >= 0.6 is 0 Å². The van der Waals surface area contributed by atoms with E-state index < -0.39 is 6.36 Å². The van der Waals surface area contributed by atoms with Gasteiger partial charge in [0.1, 0.15) is 5.75 Å². The minimum atomic E-state index is -4.66. The van der Waals surface area contributed by atoms with Gasteiger partial charge in [-0.3, -0.25) is 0 Å². The molecule has 21 heavy (non-hydrogen) atoms. The highest BCUT2D eigenvalue weighted by molar-refractivity contribution is 5.29. The molecule has 2 rings (SSSR count). The fourth-order valence-electron chi connectivity index (χ4n) is 2.52. The summed E-state index contributed by atoms with van der Waals surface area (Å²) in [5.41, 5.74) is 6.87. The molecule has 0 aromatic heterocycles. The standard InChI is InChI=1S/C15H20F3NO2/c16-15(17,18)21-13-8-6-11(7-9-13)14(19)5-1-3-12-4-2-10-20-12/h6-9,12,14H,1-5,10,19H2. The summed E-state index contributed by atoms with van der Waals surface area (Å²) in [5.74, 6) is -0.224. The molecule has 0 aliphatic carbocycles. The molecule has 0 radical (unpaired) electrons. The lowest BCUT2D eigenvalue weighted by molar-refractivity contribution is -0.274. The molecule has 1 aromatic carbocycles. The molecule has 0 saturated carbocycles. The third-order valence-corrected chi connectivity index (χ3v) is 3.61. The largest absolute Gasteiger partial charge is 0.573 e. The number of nitrogens with two attached hydrogens (primary N) is 1. The van der Waals surface area contributed by atoms with Crippen molar-refractivity contribution in [1.29, 1.82) is 0 Å². The Hall–Kier alpha value is -1.27. The van der Waals surface area contributed by atoms with E-state index in [2.05, 4.69) is 4.74 Å². The molecule has 2 unspecified atom stereocenters. The second kappa shape index (κ2) is 7.13. The highest BCUT2D eigenvalue weighted by Gasteiger charge is 2.31. The molecule has 1 aromatic rings. The van der Waals surface area contributed by atoms with Gasteiger partial charge in [0.2, 0.25) is 0 Å². The van der Waals surface area contributed by atoms with Crippen LogP contribution < -0.4 is 10.5 Å². The second-order valence-corrected chi connectivity index (χ2v) is 5.29. The van der Waals surface area contributed by atoms with Gasteiger partial charge in [-0.25, -0.2) is 0 Å². The summed E-state index contributed by atoms with van der Waals surface area (Å²) < 4.78 is 45.5. The molecule has 0 bridgehead atoms. The van der Waals surface area contributed by atoms with Gasteiger partial charge < -0.3 is 15.2 Å². The van der Waals surface area contributed by atoms with E-state index in [1.165, 1.54) is 12.1 Å². The lowest BCUT2D eigenvalue weighted by Gasteiger charge is -2.15. The molecule has 1 aliphatic rings. The zero-order chi connectivity index (χ0) is 15.3. The molecule has 0 amide bonds. The van der Waals surface area contributed by atoms with Crippen molar-refractivity contribution in [2.24, 2.45) is 5.73 Å². The van der Waals surface area contributed by atoms with Crippen LogP contribution in [0.5, 0.6) is 5.75 Å². The van der Waals surface area contributed by atoms with Crippen molar-refractivity contribution in [3.63, 3.8) is 0 Å². The normalized spacial score (nSPS) is 20.5. The van der Waals surface area contributed by atoms with E-state index in [9.17, 15) is 13.2 Å². The van der Waals surface area contributed by atoms with Crippen molar-refractivity contribution in [2.75, 3.05) is 6.61 Å². The van der Waals surface area contributed by atoms with Gasteiger partial charge in [0.15, 0.2) is 0 Å². The first kappa shape index (κ1) is 16.1. The Balaban J connectivity index is 1.77. The van der Waals surface area contributed by atoms with Crippen LogP contribution in [0.2, 0.25) is 0 Å². The van der Waals surface area contributed by atoms with Crippen LogP contribution in [0.15, 0.2) is 24.3 Å². The Morgan fingerprint density at radius 2 is 2.00 bits per heavy atom. The van der Waals surface area contributed by atoms with Gasteiger partial charge in [0.05, 0.1) is 6.10 Å². The van der Waals surface area contributed by atoms with Crippen LogP contribution in [-0.2, 0) is 4.74 Å². The van der Waals surface area contributed by atoms with Crippen molar-refractivity contribution in [1.82, 2.24) is 0 Å². The summed E-state index contributed by atoms with van der Waals surface area (Å²) >= 11 is 0. The molecule has 2 atom stereocenters. The van der Waals surface area contributed by atoms with Gasteiger partial charge in [-0.15, -0.1) is 13.2 Å². The van der Waals surface area contributed by atoms with E-state index in [-0.39, 0.29) is 11.8 Å². The van der Waals surface area contributed by atoms with Crippen LogP contribution in [0.1, 0.15) is 43.7 Å². The van der Waals surface area contributed by atoms with Gasteiger partial charge in [-0.2, -0.15) is 0 Å². The summed E-state index contributed by atoms with van der Waals surface area (Å²) in [5, 5.41) is 0. The summed E-state index contributed by atoms with van der Waals surface area (Å²) in [6.07, 6.45) is 0.649. The zero-order valence-corrected chi connectivity index (χ0v) is 11.7. The van der Waals surface area contributed by atoms with E-state index in [1.807, 2.05) is 0 Å². The van der Waals surface area contributed by atoms with Crippen LogP contribution in [0.4, 0.5) is 13.2 Å². The van der Waals surface area contributed by atoms with E-state index >= 15 is 0 Å². The molecule has 1 fully saturated rings. The number of ether oxygens (including phenoxy) is 2. The molecule has 2 N–H and O–H groups in total. The SMILES string of the molecule is NC(CCCC1CCCO1)c1ccc(OC(F)(F)F)cc1. The fraction of sp³-hybridized carbons (Fsp3) is 0.600. The minimum absolute atomic E-state index is 0.175. The molecule has 3 nitrogen and oxygen atoms in total. The quantitative estimate of drug-likeness (QED) is 0.866. The highest BCUT2D eigenvalue weighted by atomic mass is 19.4. The van der Waals surface area contributed by atoms with Gasteiger partial charge in [-0.1, -0.05) is 12.1 Å². The molecule has 6 heteroatoms. The van der Waals surface area contributed by atoms with Gasteiger partial charge >= 0.3 is 6.36 Å². The smallest absolute Gasteiger partial charge is 0.406 e. The molecule has 1 heterocycles. The van der Waals surface area contributed by atoms with Crippen LogP contribution in [-0.4, -0.2) is 19.1 Å². The van der Waals surface area contributed by atoms with Crippen molar-refractivity contribution < 1.29 is 22.6 Å². The molecule has 1 aliphatic heterocycles. The number of rotatable bonds is 6. The third-order valence-electron chi connectivity index (χ3n) is 3.61. The number of halogens is 3. The van der Waals surface area contributed by atoms with E-state index in [4.69, 9.17) is 10.5 Å². The van der Waals surface area contributed by atoms with Crippen molar-refractivity contribution in [3.05, 3.63) is 29.8 Å². The van der Waals surface area contributed by atoms with E-state index in [0.29, 0.717) is 6.10 Å². The molecule has 1 saturated heterocycles. The van der Waals surface area contributed by atoms with Gasteiger partial charge in [-0.05, 0) is 49.8 Å². The number of benzene rings is 1. The average Bonchev–Trinajstić information content (AvgIpc) is 2.91. The Morgan fingerprint density at radius 1 is 1.29 bits per heavy atom. The van der Waals surface area contributed by atoms with Crippen molar-refractivity contribution in [3.8, 4) is 5.75 Å². The Bertz CT molecular complexity index is 428.